The van der Waals surface area contributed by atoms with Crippen LogP contribution in [-0.4, -0.2) is 11.5 Å². The van der Waals surface area contributed by atoms with E-state index in [1.165, 1.54) is 106 Å². The number of aromatic nitrogens is 1. The SMILES string of the molecule is C/C=C(\C)C/C(C)=C/CC/C(C)=C/CC/C(C)=C/CC/C(C)=C/CC/C(C)=C/CC/C(C)=C/CC/C(C)=C/CC/C(C)=C/CC/C(C)=C/CCNCc1cccnc1. The summed E-state index contributed by atoms with van der Waals surface area (Å²) in [5, 5.41) is 3.51. The highest BCUT2D eigenvalue weighted by molar-refractivity contribution is 5.14. The summed E-state index contributed by atoms with van der Waals surface area (Å²) in [4.78, 5) is 4.18. The van der Waals surface area contributed by atoms with Crippen LogP contribution in [0.2, 0.25) is 0 Å². The molecule has 58 heavy (non-hydrogen) atoms. The van der Waals surface area contributed by atoms with Gasteiger partial charge in [-0.25, -0.2) is 0 Å². The molecule has 0 aliphatic heterocycles. The third kappa shape index (κ3) is 31.5. The zero-order valence-corrected chi connectivity index (χ0v) is 39.7. The average molecular weight is 789 g/mol. The highest BCUT2D eigenvalue weighted by Crippen LogP contribution is 2.18. The van der Waals surface area contributed by atoms with Crippen molar-refractivity contribution in [2.24, 2.45) is 0 Å². The van der Waals surface area contributed by atoms with Crippen molar-refractivity contribution in [1.82, 2.24) is 10.3 Å². The third-order valence-corrected chi connectivity index (χ3v) is 11.2. The maximum Gasteiger partial charge on any atom is 0.0312 e. The predicted octanol–water partition coefficient (Wildman–Crippen LogP) is 17.7. The van der Waals surface area contributed by atoms with Gasteiger partial charge in [0.1, 0.15) is 0 Å². The normalized spacial score (nSPS) is 14.9. The van der Waals surface area contributed by atoms with Gasteiger partial charge in [-0.15, -0.1) is 0 Å². The quantitative estimate of drug-likeness (QED) is 0.0599. The van der Waals surface area contributed by atoms with E-state index in [2.05, 4.69) is 153 Å². The van der Waals surface area contributed by atoms with E-state index >= 15 is 0 Å². The second-order valence-electron chi connectivity index (χ2n) is 17.4. The van der Waals surface area contributed by atoms with Gasteiger partial charge in [-0.3, -0.25) is 4.98 Å². The Morgan fingerprint density at radius 3 is 1.03 bits per heavy atom. The summed E-state index contributed by atoms with van der Waals surface area (Å²) in [6.07, 6.45) is 48.8. The summed E-state index contributed by atoms with van der Waals surface area (Å²) in [6, 6.07) is 4.11. The van der Waals surface area contributed by atoms with Gasteiger partial charge < -0.3 is 5.32 Å². The van der Waals surface area contributed by atoms with Crippen LogP contribution >= 0.6 is 0 Å². The van der Waals surface area contributed by atoms with E-state index in [1.807, 2.05) is 18.5 Å². The molecule has 1 heterocycles. The van der Waals surface area contributed by atoms with Gasteiger partial charge in [0.15, 0.2) is 0 Å². The van der Waals surface area contributed by atoms with Gasteiger partial charge in [-0.1, -0.05) is 123 Å². The molecule has 2 heteroatoms. The Labute approximate surface area is 360 Å². The van der Waals surface area contributed by atoms with E-state index in [4.69, 9.17) is 0 Å². The Morgan fingerprint density at radius 1 is 0.431 bits per heavy atom. The van der Waals surface area contributed by atoms with Gasteiger partial charge in [0, 0.05) is 18.9 Å². The summed E-state index contributed by atoms with van der Waals surface area (Å²) in [5.41, 5.74) is 16.4. The molecule has 2 nitrogen and oxygen atoms in total. The van der Waals surface area contributed by atoms with Crippen molar-refractivity contribution in [1.29, 1.82) is 0 Å². The number of rotatable bonds is 31. The Bertz CT molecular complexity index is 1580. The molecule has 0 saturated carbocycles. The molecule has 0 spiro atoms. The number of pyridine rings is 1. The van der Waals surface area contributed by atoms with Crippen molar-refractivity contribution in [3.05, 3.63) is 147 Å². The Hall–Kier alpha value is -3.49. The van der Waals surface area contributed by atoms with Crippen molar-refractivity contribution < 1.29 is 0 Å². The first-order valence-corrected chi connectivity index (χ1v) is 23.0. The van der Waals surface area contributed by atoms with E-state index in [0.29, 0.717) is 0 Å². The molecule has 0 saturated heterocycles. The van der Waals surface area contributed by atoms with E-state index in [9.17, 15) is 0 Å². The first-order chi connectivity index (χ1) is 27.9. The lowest BCUT2D eigenvalue weighted by molar-refractivity contribution is 0.691. The van der Waals surface area contributed by atoms with Crippen LogP contribution in [0, 0.1) is 0 Å². The van der Waals surface area contributed by atoms with Crippen molar-refractivity contribution >= 4 is 0 Å². The predicted molar refractivity (Wildman–Crippen MR) is 262 cm³/mol. The Balaban J connectivity index is 2.20. The monoisotopic (exact) mass is 789 g/mol. The van der Waals surface area contributed by atoms with Gasteiger partial charge in [-0.05, 0) is 210 Å². The minimum atomic E-state index is 0.887. The zero-order valence-electron chi connectivity index (χ0n) is 39.7. The summed E-state index contributed by atoms with van der Waals surface area (Å²) in [5.74, 6) is 0. The molecule has 0 aliphatic rings. The molecule has 0 atom stereocenters. The van der Waals surface area contributed by atoms with Crippen LogP contribution in [0.25, 0.3) is 0 Å². The third-order valence-electron chi connectivity index (χ3n) is 11.2. The molecule has 0 unspecified atom stereocenters. The van der Waals surface area contributed by atoms with Gasteiger partial charge >= 0.3 is 0 Å². The molecule has 0 fully saturated rings. The van der Waals surface area contributed by atoms with Crippen molar-refractivity contribution in [3.63, 3.8) is 0 Å². The second kappa shape index (κ2) is 34.4. The van der Waals surface area contributed by atoms with Crippen LogP contribution in [0.1, 0.15) is 197 Å². The molecule has 322 valence electrons. The number of hydrogen-bond acceptors (Lipinski definition) is 2. The van der Waals surface area contributed by atoms with E-state index in [0.717, 1.165) is 83.7 Å². The molecule has 0 aliphatic carbocycles. The number of nitrogens with one attached hydrogen (secondary N) is 1. The smallest absolute Gasteiger partial charge is 0.0312 e. The van der Waals surface area contributed by atoms with Crippen LogP contribution in [0.15, 0.2) is 141 Å². The largest absolute Gasteiger partial charge is 0.312 e. The number of nitrogens with zero attached hydrogens (tertiary/aromatic N) is 1. The molecular formula is C56H88N2. The van der Waals surface area contributed by atoms with Gasteiger partial charge in [-0.2, -0.15) is 0 Å². The van der Waals surface area contributed by atoms with E-state index in [1.54, 1.807) is 0 Å². The maximum absolute atomic E-state index is 4.18. The first-order valence-electron chi connectivity index (χ1n) is 23.0. The van der Waals surface area contributed by atoms with Crippen LogP contribution in [0.5, 0.6) is 0 Å². The molecular weight excluding hydrogens is 701 g/mol. The lowest BCUT2D eigenvalue weighted by Crippen LogP contribution is -2.14. The summed E-state index contributed by atoms with van der Waals surface area (Å²) < 4.78 is 0. The fraction of sp³-hybridized carbons (Fsp3) is 0.554. The van der Waals surface area contributed by atoms with Crippen LogP contribution in [0.3, 0.4) is 0 Å². The molecule has 0 amide bonds. The highest BCUT2D eigenvalue weighted by Gasteiger charge is 1.99. The molecule has 1 aromatic heterocycles. The molecule has 1 N–H and O–H groups in total. The highest BCUT2D eigenvalue weighted by atomic mass is 14.8. The molecule has 0 radical (unpaired) electrons. The van der Waals surface area contributed by atoms with Gasteiger partial charge in [0.2, 0.25) is 0 Å². The first kappa shape index (κ1) is 52.5. The lowest BCUT2D eigenvalue weighted by atomic mass is 10.0. The maximum atomic E-state index is 4.18. The van der Waals surface area contributed by atoms with Crippen molar-refractivity contribution in [2.45, 2.75) is 198 Å². The fourth-order valence-electron chi connectivity index (χ4n) is 6.96. The van der Waals surface area contributed by atoms with E-state index < -0.39 is 0 Å². The Kier molecular flexibility index (Phi) is 31.1. The standard InChI is InChI=1S/C56H88N2/c1-12-46(2)43-55(11)38-20-37-53(9)34-18-33-51(7)30-16-29-49(5)26-14-25-47(3)23-13-24-48(4)27-15-28-50(6)31-17-32-52(8)35-19-36-54(10)39-21-41-57-44-56-40-22-42-58-45-56/h12,22-23,26-27,30-31,34-35,38-40,42,45,57H,13-21,24-25,28-29,32-33,36-37,41,43-44H2,1-11H3/b46-12+,47-23+,48-27+,49-26+,50-31+,51-30+,52-35+,53-34+,54-39+,55-38+. The summed E-state index contributed by atoms with van der Waals surface area (Å²) in [7, 11) is 0. The average Bonchev–Trinajstić information content (AvgIpc) is 3.18. The fourth-order valence-corrected chi connectivity index (χ4v) is 6.96. The second-order valence-corrected chi connectivity index (χ2v) is 17.4. The van der Waals surface area contributed by atoms with Crippen LogP contribution < -0.4 is 5.32 Å². The van der Waals surface area contributed by atoms with Crippen molar-refractivity contribution in [3.8, 4) is 0 Å². The van der Waals surface area contributed by atoms with Gasteiger partial charge in [0.25, 0.3) is 0 Å². The minimum absolute atomic E-state index is 0.887. The summed E-state index contributed by atoms with van der Waals surface area (Å²) >= 11 is 0. The van der Waals surface area contributed by atoms with Crippen LogP contribution in [0.4, 0.5) is 0 Å². The van der Waals surface area contributed by atoms with Gasteiger partial charge in [0.05, 0.1) is 0 Å². The molecule has 0 bridgehead atoms. The number of hydrogen-bond donors (Lipinski definition) is 1. The molecule has 1 rings (SSSR count). The molecule has 1 aromatic rings. The minimum Gasteiger partial charge on any atom is -0.312 e. The summed E-state index contributed by atoms with van der Waals surface area (Å²) in [6.45, 7) is 26.9. The van der Waals surface area contributed by atoms with Crippen molar-refractivity contribution in [2.75, 3.05) is 6.54 Å². The number of allylic oxidation sites excluding steroid dienone is 19. The zero-order chi connectivity index (χ0) is 42.8. The molecule has 0 aromatic carbocycles. The Morgan fingerprint density at radius 2 is 0.741 bits per heavy atom. The topological polar surface area (TPSA) is 24.9 Å². The van der Waals surface area contributed by atoms with E-state index in [-0.39, 0.29) is 0 Å². The lowest BCUT2D eigenvalue weighted by Gasteiger charge is -2.05. The van der Waals surface area contributed by atoms with Crippen LogP contribution in [-0.2, 0) is 6.54 Å².